The summed E-state index contributed by atoms with van der Waals surface area (Å²) >= 11 is 0. The highest BCUT2D eigenvalue weighted by Crippen LogP contribution is 2.12. The summed E-state index contributed by atoms with van der Waals surface area (Å²) in [5.74, 6) is 0.0958. The fourth-order valence-electron chi connectivity index (χ4n) is 1.65. The van der Waals surface area contributed by atoms with Gasteiger partial charge in [-0.1, -0.05) is 26.0 Å². The average molecular weight is 225 g/mol. The summed E-state index contributed by atoms with van der Waals surface area (Å²) in [6.45, 7) is 6.65. The smallest absolute Gasteiger partial charge is 0.211 e. The molecule has 1 atom stereocenters. The Balaban J connectivity index is 2.90. The third-order valence-corrected chi connectivity index (χ3v) is 2.42. The number of ether oxygens (including phenoxy) is 1. The van der Waals surface area contributed by atoms with Gasteiger partial charge in [0.15, 0.2) is 0 Å². The van der Waals surface area contributed by atoms with Crippen molar-refractivity contribution in [3.63, 3.8) is 0 Å². The van der Waals surface area contributed by atoms with Crippen molar-refractivity contribution in [2.75, 3.05) is 7.11 Å². The number of hydrogen-bond acceptors (Lipinski definition) is 4. The van der Waals surface area contributed by atoms with Gasteiger partial charge >= 0.3 is 0 Å². The minimum atomic E-state index is -0.422. The first kappa shape index (κ1) is 12.8. The van der Waals surface area contributed by atoms with Crippen LogP contribution < -0.4 is 0 Å². The summed E-state index contributed by atoms with van der Waals surface area (Å²) in [5, 5.41) is 7.67. The molecule has 1 rings (SSSR count). The molecule has 1 heterocycles. The minimum Gasteiger partial charge on any atom is -0.373 e. The van der Waals surface area contributed by atoms with E-state index in [0.29, 0.717) is 12.2 Å². The normalized spacial score (nSPS) is 13.1. The van der Waals surface area contributed by atoms with Gasteiger partial charge in [-0.25, -0.2) is 4.68 Å². The number of carbonyl (C=O) groups is 1. The summed E-state index contributed by atoms with van der Waals surface area (Å²) in [6.07, 6.45) is 2.00. The van der Waals surface area contributed by atoms with Crippen LogP contribution in [0, 0.1) is 5.92 Å². The largest absolute Gasteiger partial charge is 0.373 e. The van der Waals surface area contributed by atoms with E-state index in [1.165, 1.54) is 6.20 Å². The van der Waals surface area contributed by atoms with Crippen molar-refractivity contribution in [1.82, 2.24) is 15.0 Å². The molecule has 0 saturated carbocycles. The molecule has 1 aromatic rings. The summed E-state index contributed by atoms with van der Waals surface area (Å²) in [5.41, 5.74) is 0.530. The molecule has 0 fully saturated rings. The molecule has 5 heteroatoms. The van der Waals surface area contributed by atoms with E-state index < -0.39 is 6.10 Å². The second-order valence-electron chi connectivity index (χ2n) is 4.11. The molecule has 0 saturated heterocycles. The number of Topliss-reactive ketones (excluding diaryl/α,β-unsaturated/α-hetero) is 1. The van der Waals surface area contributed by atoms with Crippen LogP contribution >= 0.6 is 0 Å². The van der Waals surface area contributed by atoms with Gasteiger partial charge in [0, 0.05) is 13.7 Å². The lowest BCUT2D eigenvalue weighted by Gasteiger charge is -2.17. The number of nitrogens with zero attached hydrogens (tertiary/aromatic N) is 3. The van der Waals surface area contributed by atoms with E-state index in [4.69, 9.17) is 4.74 Å². The summed E-state index contributed by atoms with van der Waals surface area (Å²) < 4.78 is 6.85. The number of carbonyl (C=O) groups excluding carboxylic acids is 1. The van der Waals surface area contributed by atoms with E-state index in [2.05, 4.69) is 10.3 Å². The van der Waals surface area contributed by atoms with E-state index in [0.717, 1.165) is 6.42 Å². The van der Waals surface area contributed by atoms with Crippen LogP contribution in [0.4, 0.5) is 0 Å². The lowest BCUT2D eigenvalue weighted by molar-refractivity contribution is 0.0448. The predicted molar refractivity (Wildman–Crippen MR) is 60.3 cm³/mol. The fraction of sp³-hybridized carbons (Fsp3) is 0.727. The Bertz CT molecular complexity index is 347. The maximum atomic E-state index is 12.1. The Morgan fingerprint density at radius 1 is 1.56 bits per heavy atom. The van der Waals surface area contributed by atoms with Crippen molar-refractivity contribution in [2.24, 2.45) is 5.92 Å². The average Bonchev–Trinajstić information content (AvgIpc) is 2.66. The van der Waals surface area contributed by atoms with Gasteiger partial charge in [-0.05, 0) is 12.3 Å². The van der Waals surface area contributed by atoms with E-state index >= 15 is 0 Å². The topological polar surface area (TPSA) is 57.0 Å². The van der Waals surface area contributed by atoms with Crippen molar-refractivity contribution >= 4 is 5.78 Å². The number of aryl methyl sites for hydroxylation is 1. The number of ketones is 1. The van der Waals surface area contributed by atoms with Crippen LogP contribution in [-0.2, 0) is 11.3 Å². The first-order valence-corrected chi connectivity index (χ1v) is 5.57. The van der Waals surface area contributed by atoms with Crippen LogP contribution in [-0.4, -0.2) is 34.0 Å². The molecule has 0 amide bonds. The fourth-order valence-corrected chi connectivity index (χ4v) is 1.65. The summed E-state index contributed by atoms with van der Waals surface area (Å²) in [6, 6.07) is 0. The molecule has 16 heavy (non-hydrogen) atoms. The standard InChI is InChI=1S/C11H19N3O2/c1-5-6-14-9(7-12-13-14)10(15)11(16-4)8(2)3/h7-8,11H,5-6H2,1-4H3. The highest BCUT2D eigenvalue weighted by atomic mass is 16.5. The molecular weight excluding hydrogens is 206 g/mol. The van der Waals surface area contributed by atoms with Crippen LogP contribution in [0.1, 0.15) is 37.7 Å². The van der Waals surface area contributed by atoms with Gasteiger partial charge in [0.25, 0.3) is 0 Å². The molecule has 0 aliphatic rings. The summed E-state index contributed by atoms with van der Waals surface area (Å²) in [4.78, 5) is 12.1. The number of rotatable bonds is 6. The van der Waals surface area contributed by atoms with Gasteiger partial charge in [-0.15, -0.1) is 5.10 Å². The van der Waals surface area contributed by atoms with Crippen LogP contribution in [0.5, 0.6) is 0 Å². The zero-order valence-electron chi connectivity index (χ0n) is 10.3. The molecule has 90 valence electrons. The Morgan fingerprint density at radius 3 is 2.75 bits per heavy atom. The zero-order chi connectivity index (χ0) is 12.1. The molecule has 0 spiro atoms. The third kappa shape index (κ3) is 2.66. The Hall–Kier alpha value is -1.23. The molecule has 5 nitrogen and oxygen atoms in total. The van der Waals surface area contributed by atoms with Crippen molar-refractivity contribution in [1.29, 1.82) is 0 Å². The van der Waals surface area contributed by atoms with Gasteiger partial charge in [-0.3, -0.25) is 4.79 Å². The van der Waals surface area contributed by atoms with Crippen LogP contribution in [0.15, 0.2) is 6.20 Å². The van der Waals surface area contributed by atoms with Crippen LogP contribution in [0.25, 0.3) is 0 Å². The second-order valence-corrected chi connectivity index (χ2v) is 4.11. The SMILES string of the molecule is CCCn1nncc1C(=O)C(OC)C(C)C. The Morgan fingerprint density at radius 2 is 2.25 bits per heavy atom. The lowest BCUT2D eigenvalue weighted by atomic mass is 10.0. The molecule has 0 aliphatic heterocycles. The molecule has 0 aliphatic carbocycles. The van der Waals surface area contributed by atoms with E-state index in [1.54, 1.807) is 11.8 Å². The van der Waals surface area contributed by atoms with Crippen LogP contribution in [0.2, 0.25) is 0 Å². The van der Waals surface area contributed by atoms with Crippen molar-refractivity contribution in [3.05, 3.63) is 11.9 Å². The molecule has 1 unspecified atom stereocenters. The maximum Gasteiger partial charge on any atom is 0.211 e. The first-order valence-electron chi connectivity index (χ1n) is 5.57. The van der Waals surface area contributed by atoms with Crippen molar-refractivity contribution < 1.29 is 9.53 Å². The maximum absolute atomic E-state index is 12.1. The third-order valence-electron chi connectivity index (χ3n) is 2.42. The zero-order valence-corrected chi connectivity index (χ0v) is 10.3. The van der Waals surface area contributed by atoms with Gasteiger partial charge in [-0.2, -0.15) is 0 Å². The Labute approximate surface area is 95.8 Å². The molecule has 0 radical (unpaired) electrons. The molecule has 1 aromatic heterocycles. The minimum absolute atomic E-state index is 0.0454. The number of aromatic nitrogens is 3. The summed E-state index contributed by atoms with van der Waals surface area (Å²) in [7, 11) is 1.55. The first-order chi connectivity index (χ1) is 7.61. The lowest BCUT2D eigenvalue weighted by Crippen LogP contribution is -2.30. The molecule has 0 N–H and O–H groups in total. The van der Waals surface area contributed by atoms with Crippen molar-refractivity contribution in [2.45, 2.75) is 39.8 Å². The number of methoxy groups -OCH3 is 1. The van der Waals surface area contributed by atoms with Gasteiger partial charge in [0.1, 0.15) is 11.8 Å². The highest BCUT2D eigenvalue weighted by Gasteiger charge is 2.26. The second kappa shape index (κ2) is 5.75. The molecule has 0 aromatic carbocycles. The van der Waals surface area contributed by atoms with Gasteiger partial charge in [0.05, 0.1) is 6.20 Å². The van der Waals surface area contributed by atoms with E-state index in [-0.39, 0.29) is 11.7 Å². The molecule has 0 bridgehead atoms. The van der Waals surface area contributed by atoms with Gasteiger partial charge < -0.3 is 4.74 Å². The molecular formula is C11H19N3O2. The van der Waals surface area contributed by atoms with Crippen LogP contribution in [0.3, 0.4) is 0 Å². The van der Waals surface area contributed by atoms with E-state index in [9.17, 15) is 4.79 Å². The number of hydrogen-bond donors (Lipinski definition) is 0. The van der Waals surface area contributed by atoms with E-state index in [1.807, 2.05) is 20.8 Å². The Kier molecular flexibility index (Phi) is 4.61. The predicted octanol–water partition coefficient (Wildman–Crippen LogP) is 1.54. The quantitative estimate of drug-likeness (QED) is 0.689. The highest BCUT2D eigenvalue weighted by molar-refractivity contribution is 5.97. The van der Waals surface area contributed by atoms with Crippen molar-refractivity contribution in [3.8, 4) is 0 Å². The van der Waals surface area contributed by atoms with Gasteiger partial charge in [0.2, 0.25) is 5.78 Å². The monoisotopic (exact) mass is 225 g/mol.